The summed E-state index contributed by atoms with van der Waals surface area (Å²) in [7, 11) is 0. The zero-order chi connectivity index (χ0) is 28.0. The first-order valence-corrected chi connectivity index (χ1v) is 13.7. The number of benzene rings is 1. The Labute approximate surface area is 237 Å². The number of ether oxygens (including phenoxy) is 1. The predicted octanol–water partition coefficient (Wildman–Crippen LogP) is 4.22. The molecule has 1 atom stereocenters. The standard InChI is InChI=1S/C29H31N9O3/c39-28-23-4-3-5-24(27(23)25-6-1-2-14-38(25)28)33-29(40)34-26-16-20(7-12-32-26)18-41-19-22-17-37(36-35-22)15-13-31-21-8-10-30-11-9-21/h3-5,7-12,16-17,25H,1-2,6,13-15,18-19H2,(H,30,31)(H2,32,33,34,40). The lowest BCUT2D eigenvalue weighted by Gasteiger charge is -2.30. The molecule has 2 aliphatic rings. The van der Waals surface area contributed by atoms with E-state index in [2.05, 4.69) is 36.2 Å². The molecule has 0 bridgehead atoms. The van der Waals surface area contributed by atoms with E-state index in [0.29, 0.717) is 43.4 Å². The van der Waals surface area contributed by atoms with E-state index in [-0.39, 0.29) is 11.9 Å². The number of nitrogens with zero attached hydrogens (tertiary/aromatic N) is 6. The van der Waals surface area contributed by atoms with Gasteiger partial charge in [0.2, 0.25) is 0 Å². The molecule has 4 aromatic rings. The molecule has 3 aromatic heterocycles. The molecule has 5 heterocycles. The second kappa shape index (κ2) is 12.1. The molecule has 41 heavy (non-hydrogen) atoms. The van der Waals surface area contributed by atoms with Crippen LogP contribution in [0.5, 0.6) is 0 Å². The number of piperidine rings is 1. The van der Waals surface area contributed by atoms with Crippen LogP contribution < -0.4 is 16.0 Å². The highest BCUT2D eigenvalue weighted by Crippen LogP contribution is 2.43. The van der Waals surface area contributed by atoms with Gasteiger partial charge in [0.1, 0.15) is 11.5 Å². The van der Waals surface area contributed by atoms with Crippen molar-refractivity contribution in [3.8, 4) is 0 Å². The third kappa shape index (κ3) is 6.17. The third-order valence-corrected chi connectivity index (χ3v) is 7.20. The van der Waals surface area contributed by atoms with Gasteiger partial charge in [-0.2, -0.15) is 0 Å². The van der Waals surface area contributed by atoms with E-state index in [0.717, 1.165) is 48.3 Å². The number of carbonyl (C=O) groups excluding carboxylic acids is 2. The third-order valence-electron chi connectivity index (χ3n) is 7.20. The summed E-state index contributed by atoms with van der Waals surface area (Å²) < 4.78 is 7.60. The van der Waals surface area contributed by atoms with Crippen molar-refractivity contribution in [2.24, 2.45) is 0 Å². The maximum absolute atomic E-state index is 12.9. The molecule has 6 rings (SSSR count). The predicted molar refractivity (Wildman–Crippen MR) is 152 cm³/mol. The molecule has 12 nitrogen and oxygen atoms in total. The largest absolute Gasteiger partial charge is 0.383 e. The maximum Gasteiger partial charge on any atom is 0.324 e. The minimum absolute atomic E-state index is 0.0201. The number of hydrogen-bond acceptors (Lipinski definition) is 8. The number of hydrogen-bond donors (Lipinski definition) is 3. The van der Waals surface area contributed by atoms with Crippen molar-refractivity contribution in [3.05, 3.63) is 89.6 Å². The van der Waals surface area contributed by atoms with Gasteiger partial charge in [-0.25, -0.2) is 9.78 Å². The Balaban J connectivity index is 0.989. The number of carbonyl (C=O) groups is 2. The molecular weight excluding hydrogens is 522 g/mol. The number of aromatic nitrogens is 5. The van der Waals surface area contributed by atoms with Gasteiger partial charge in [-0.05, 0) is 61.2 Å². The molecule has 0 spiro atoms. The van der Waals surface area contributed by atoms with Crippen molar-refractivity contribution in [2.45, 2.75) is 45.1 Å². The Hall–Kier alpha value is -4.84. The fraction of sp³-hybridized carbons (Fsp3) is 0.310. The average Bonchev–Trinajstić information content (AvgIpc) is 3.56. The summed E-state index contributed by atoms with van der Waals surface area (Å²) in [4.78, 5) is 35.9. The lowest BCUT2D eigenvalue weighted by Crippen LogP contribution is -2.32. The molecule has 210 valence electrons. The van der Waals surface area contributed by atoms with Crippen LogP contribution in [0.25, 0.3) is 0 Å². The van der Waals surface area contributed by atoms with Crippen LogP contribution in [0, 0.1) is 0 Å². The van der Waals surface area contributed by atoms with E-state index in [1.165, 1.54) is 0 Å². The molecule has 0 saturated carbocycles. The van der Waals surface area contributed by atoms with E-state index in [9.17, 15) is 9.59 Å². The van der Waals surface area contributed by atoms with E-state index in [4.69, 9.17) is 4.74 Å². The van der Waals surface area contributed by atoms with Crippen molar-refractivity contribution < 1.29 is 14.3 Å². The number of rotatable bonds is 10. The van der Waals surface area contributed by atoms with Gasteiger partial charge in [0.15, 0.2) is 0 Å². The summed E-state index contributed by atoms with van der Waals surface area (Å²) in [6, 6.07) is 12.5. The van der Waals surface area contributed by atoms with Crippen molar-refractivity contribution in [2.75, 3.05) is 29.0 Å². The van der Waals surface area contributed by atoms with Crippen LogP contribution in [0.15, 0.2) is 67.3 Å². The minimum atomic E-state index is -0.416. The van der Waals surface area contributed by atoms with Gasteiger partial charge >= 0.3 is 6.03 Å². The number of anilines is 3. The number of pyridine rings is 2. The highest BCUT2D eigenvalue weighted by Gasteiger charge is 2.39. The first-order valence-electron chi connectivity index (χ1n) is 13.7. The molecule has 3 N–H and O–H groups in total. The number of nitrogens with one attached hydrogen (secondary N) is 3. The van der Waals surface area contributed by atoms with Crippen LogP contribution in [0.4, 0.5) is 22.0 Å². The second-order valence-corrected chi connectivity index (χ2v) is 10.0. The highest BCUT2D eigenvalue weighted by atomic mass is 16.5. The van der Waals surface area contributed by atoms with Crippen LogP contribution in [0.1, 0.15) is 52.5 Å². The van der Waals surface area contributed by atoms with Gasteiger partial charge in [0.05, 0.1) is 32.0 Å². The van der Waals surface area contributed by atoms with Crippen molar-refractivity contribution in [1.29, 1.82) is 0 Å². The van der Waals surface area contributed by atoms with Gasteiger partial charge in [0.25, 0.3) is 5.91 Å². The Morgan fingerprint density at radius 1 is 1.05 bits per heavy atom. The molecule has 0 aliphatic carbocycles. The molecule has 3 amide bonds. The first kappa shape index (κ1) is 26.4. The quantitative estimate of drug-likeness (QED) is 0.265. The monoisotopic (exact) mass is 553 g/mol. The zero-order valence-corrected chi connectivity index (χ0v) is 22.5. The summed E-state index contributed by atoms with van der Waals surface area (Å²) in [6.07, 6.45) is 9.95. The summed E-state index contributed by atoms with van der Waals surface area (Å²) in [6.45, 7) is 2.75. The normalized spacial score (nSPS) is 15.8. The molecule has 0 radical (unpaired) electrons. The second-order valence-electron chi connectivity index (χ2n) is 10.0. The SMILES string of the molecule is O=C(Nc1cc(COCc2cn(CCNc3ccncc3)nn2)ccn1)Nc1cccc2c1C1CCCCN1C2=O. The number of fused-ring (bicyclic) bond motifs is 3. The van der Waals surface area contributed by atoms with Crippen LogP contribution in [0.3, 0.4) is 0 Å². The lowest BCUT2D eigenvalue weighted by molar-refractivity contribution is 0.0672. The molecule has 1 unspecified atom stereocenters. The van der Waals surface area contributed by atoms with Crippen LogP contribution in [-0.4, -0.2) is 54.9 Å². The summed E-state index contributed by atoms with van der Waals surface area (Å²) in [5, 5.41) is 17.4. The zero-order valence-electron chi connectivity index (χ0n) is 22.5. The van der Waals surface area contributed by atoms with Crippen LogP contribution >= 0.6 is 0 Å². The van der Waals surface area contributed by atoms with E-state index >= 15 is 0 Å². The Kier molecular flexibility index (Phi) is 7.81. The molecule has 12 heteroatoms. The summed E-state index contributed by atoms with van der Waals surface area (Å²) in [5.74, 6) is 0.447. The van der Waals surface area contributed by atoms with E-state index in [1.807, 2.05) is 41.4 Å². The molecular formula is C29H31N9O3. The van der Waals surface area contributed by atoms with Gasteiger partial charge in [-0.15, -0.1) is 5.10 Å². The topological polar surface area (TPSA) is 139 Å². The van der Waals surface area contributed by atoms with Crippen LogP contribution in [0.2, 0.25) is 0 Å². The first-order chi connectivity index (χ1) is 20.1. The smallest absolute Gasteiger partial charge is 0.324 e. The number of urea groups is 1. The minimum Gasteiger partial charge on any atom is -0.383 e. The molecule has 1 aromatic carbocycles. The summed E-state index contributed by atoms with van der Waals surface area (Å²) >= 11 is 0. The Morgan fingerprint density at radius 3 is 2.85 bits per heavy atom. The molecule has 1 fully saturated rings. The van der Waals surface area contributed by atoms with Gasteiger partial charge in [-0.3, -0.25) is 19.8 Å². The Bertz CT molecular complexity index is 1520. The van der Waals surface area contributed by atoms with Crippen LogP contribution in [-0.2, 0) is 24.5 Å². The van der Waals surface area contributed by atoms with Gasteiger partial charge in [0, 0.05) is 54.2 Å². The number of amides is 3. The molecule has 1 saturated heterocycles. The lowest BCUT2D eigenvalue weighted by atomic mass is 9.96. The molecule has 2 aliphatic heterocycles. The van der Waals surface area contributed by atoms with Crippen molar-refractivity contribution in [1.82, 2.24) is 29.9 Å². The maximum atomic E-state index is 12.9. The van der Waals surface area contributed by atoms with E-state index < -0.39 is 6.03 Å². The highest BCUT2D eigenvalue weighted by molar-refractivity contribution is 6.05. The van der Waals surface area contributed by atoms with Crippen molar-refractivity contribution >= 4 is 29.1 Å². The van der Waals surface area contributed by atoms with Gasteiger partial charge in [-0.1, -0.05) is 11.3 Å². The summed E-state index contributed by atoms with van der Waals surface area (Å²) in [5.41, 5.74) is 4.82. The van der Waals surface area contributed by atoms with E-state index in [1.54, 1.807) is 35.4 Å². The Morgan fingerprint density at radius 2 is 1.95 bits per heavy atom. The van der Waals surface area contributed by atoms with Gasteiger partial charge < -0.3 is 20.3 Å². The average molecular weight is 554 g/mol. The van der Waals surface area contributed by atoms with Crippen molar-refractivity contribution in [3.63, 3.8) is 0 Å². The fourth-order valence-corrected chi connectivity index (χ4v) is 5.32. The fourth-order valence-electron chi connectivity index (χ4n) is 5.32.